The van der Waals surface area contributed by atoms with Crippen molar-refractivity contribution in [2.75, 3.05) is 23.8 Å². The van der Waals surface area contributed by atoms with Crippen LogP contribution in [-0.4, -0.2) is 55.5 Å². The van der Waals surface area contributed by atoms with Crippen LogP contribution in [0, 0.1) is 0 Å². The molecule has 162 valence electrons. The zero-order valence-corrected chi connectivity index (χ0v) is 16.9. The lowest BCUT2D eigenvalue weighted by Gasteiger charge is -2.18. The van der Waals surface area contributed by atoms with Crippen molar-refractivity contribution in [1.29, 1.82) is 0 Å². The number of carbonyl (C=O) groups is 3. The van der Waals surface area contributed by atoms with E-state index in [-0.39, 0.29) is 31.1 Å². The first-order valence-corrected chi connectivity index (χ1v) is 9.94. The van der Waals surface area contributed by atoms with Gasteiger partial charge in [0.15, 0.2) is 11.9 Å². The lowest BCUT2D eigenvalue weighted by molar-refractivity contribution is 0.00873. The van der Waals surface area contributed by atoms with Crippen LogP contribution in [0.3, 0.4) is 0 Å². The predicted molar refractivity (Wildman–Crippen MR) is 112 cm³/mol. The molecule has 2 saturated heterocycles. The fourth-order valence-electron chi connectivity index (χ4n) is 3.65. The second-order valence-electron chi connectivity index (χ2n) is 7.37. The van der Waals surface area contributed by atoms with Crippen LogP contribution in [0.25, 0.3) is 0 Å². The van der Waals surface area contributed by atoms with Gasteiger partial charge < -0.3 is 24.8 Å². The summed E-state index contributed by atoms with van der Waals surface area (Å²) in [5, 5.41) is 8.20. The van der Waals surface area contributed by atoms with Crippen LogP contribution in [0.2, 0.25) is 0 Å². The van der Waals surface area contributed by atoms with E-state index in [0.717, 1.165) is 0 Å². The number of ether oxygens (including phenoxy) is 3. The Morgan fingerprint density at radius 2 is 1.65 bits per heavy atom. The molecule has 9 nitrogen and oxygen atoms in total. The van der Waals surface area contributed by atoms with E-state index in [2.05, 4.69) is 16.0 Å². The molecule has 3 amide bonds. The Morgan fingerprint density at radius 1 is 0.903 bits per heavy atom. The minimum absolute atomic E-state index is 0.0988. The normalized spacial score (nSPS) is 24.2. The fourth-order valence-corrected chi connectivity index (χ4v) is 3.65. The van der Waals surface area contributed by atoms with Crippen molar-refractivity contribution in [3.8, 4) is 0 Å². The molecular weight excluding hydrogens is 402 g/mol. The predicted octanol–water partition coefficient (Wildman–Crippen LogP) is 2.79. The molecule has 0 unspecified atom stereocenters. The van der Waals surface area contributed by atoms with Gasteiger partial charge in [0.25, 0.3) is 0 Å². The van der Waals surface area contributed by atoms with Gasteiger partial charge in [0.1, 0.15) is 12.2 Å². The van der Waals surface area contributed by atoms with Crippen molar-refractivity contribution in [2.45, 2.75) is 31.3 Å². The van der Waals surface area contributed by atoms with Crippen LogP contribution in [0.5, 0.6) is 0 Å². The Morgan fingerprint density at radius 3 is 2.42 bits per heavy atom. The summed E-state index contributed by atoms with van der Waals surface area (Å²) >= 11 is 0. The molecule has 9 heteroatoms. The monoisotopic (exact) mass is 425 g/mol. The number of hydrogen-bond acceptors (Lipinski definition) is 6. The first-order valence-electron chi connectivity index (χ1n) is 9.94. The van der Waals surface area contributed by atoms with Gasteiger partial charge in [0.2, 0.25) is 0 Å². The number of rotatable bonds is 5. The smallest absolute Gasteiger partial charge is 0.412 e. The van der Waals surface area contributed by atoms with E-state index in [1.165, 1.54) is 6.92 Å². The van der Waals surface area contributed by atoms with Crippen molar-refractivity contribution < 1.29 is 28.6 Å². The van der Waals surface area contributed by atoms with E-state index >= 15 is 0 Å². The maximum absolute atomic E-state index is 12.3. The van der Waals surface area contributed by atoms with Crippen molar-refractivity contribution >= 4 is 29.3 Å². The molecule has 0 aromatic heterocycles. The van der Waals surface area contributed by atoms with Gasteiger partial charge in [-0.2, -0.15) is 0 Å². The van der Waals surface area contributed by atoms with Crippen molar-refractivity contribution in [3.63, 3.8) is 0 Å². The third-order valence-electron chi connectivity index (χ3n) is 5.13. The van der Waals surface area contributed by atoms with E-state index in [9.17, 15) is 14.4 Å². The van der Waals surface area contributed by atoms with Gasteiger partial charge in [0, 0.05) is 16.9 Å². The van der Waals surface area contributed by atoms with E-state index < -0.39 is 24.4 Å². The molecule has 31 heavy (non-hydrogen) atoms. The summed E-state index contributed by atoms with van der Waals surface area (Å²) in [6, 6.07) is 15.0. The molecule has 0 bridgehead atoms. The van der Waals surface area contributed by atoms with Crippen LogP contribution >= 0.6 is 0 Å². The van der Waals surface area contributed by atoms with E-state index in [4.69, 9.17) is 14.2 Å². The summed E-state index contributed by atoms with van der Waals surface area (Å²) in [7, 11) is 0. The molecule has 2 aromatic rings. The minimum Gasteiger partial charge on any atom is -0.441 e. The molecule has 2 aliphatic rings. The number of hydrogen-bond donors (Lipinski definition) is 3. The second-order valence-corrected chi connectivity index (χ2v) is 7.37. The summed E-state index contributed by atoms with van der Waals surface area (Å²) < 4.78 is 16.9. The minimum atomic E-state index is -0.670. The average Bonchev–Trinajstić information content (AvgIpc) is 3.32. The molecule has 0 aliphatic carbocycles. The summed E-state index contributed by atoms with van der Waals surface area (Å²) in [5.74, 6) is -0.0988. The number of nitrogens with one attached hydrogen (secondary N) is 3. The Labute approximate surface area is 179 Å². The number of urea groups is 1. The van der Waals surface area contributed by atoms with Gasteiger partial charge in [-0.15, -0.1) is 0 Å². The van der Waals surface area contributed by atoms with Crippen LogP contribution in [-0.2, 0) is 14.2 Å². The maximum atomic E-state index is 12.3. The van der Waals surface area contributed by atoms with Gasteiger partial charge in [-0.3, -0.25) is 10.1 Å². The summed E-state index contributed by atoms with van der Waals surface area (Å²) in [6.45, 7) is 1.86. The molecule has 0 saturated carbocycles. The number of Topliss-reactive ketones (excluding diaryl/α,β-unsaturated/α-hetero) is 1. The summed E-state index contributed by atoms with van der Waals surface area (Å²) in [4.78, 5) is 36.0. The van der Waals surface area contributed by atoms with Crippen molar-refractivity contribution in [2.24, 2.45) is 0 Å². The van der Waals surface area contributed by atoms with E-state index in [1.54, 1.807) is 36.4 Å². The molecule has 4 rings (SSSR count). The highest BCUT2D eigenvalue weighted by molar-refractivity contribution is 5.96. The van der Waals surface area contributed by atoms with Crippen molar-refractivity contribution in [3.05, 3.63) is 60.2 Å². The average molecular weight is 425 g/mol. The highest BCUT2D eigenvalue weighted by Gasteiger charge is 2.50. The molecule has 2 aliphatic heterocycles. The largest absolute Gasteiger partial charge is 0.441 e. The number of carbonyl (C=O) groups excluding carboxylic acids is 3. The Balaban J connectivity index is 1.29. The Kier molecular flexibility index (Phi) is 6.15. The molecule has 0 spiro atoms. The molecule has 0 radical (unpaired) electrons. The first-order chi connectivity index (χ1) is 15.0. The standard InChI is InChI=1S/C22H23N3O6/c1-13(26)14-6-5-9-16(10-14)24-22(28)31-18-12-30-19-17(11-29-20(18)19)25-21(27)23-15-7-3-2-4-8-15/h2-10,17-20H,11-12H2,1H3,(H,24,28)(H2,23,25,27)/t17-,18-,19-,20+/m0/s1. The van der Waals surface area contributed by atoms with Gasteiger partial charge >= 0.3 is 12.1 Å². The highest BCUT2D eigenvalue weighted by atomic mass is 16.6. The summed E-state index contributed by atoms with van der Waals surface area (Å²) in [6.07, 6.45) is -2.17. The second kappa shape index (κ2) is 9.15. The zero-order valence-electron chi connectivity index (χ0n) is 16.9. The zero-order chi connectivity index (χ0) is 21.8. The first kappa shape index (κ1) is 20.8. The summed E-state index contributed by atoms with van der Waals surface area (Å²) in [5.41, 5.74) is 1.62. The SMILES string of the molecule is CC(=O)c1cccc(NC(=O)O[C@H]2CO[C@@H]3[C@@H]2OC[C@@H]3NC(=O)Nc2ccccc2)c1. The third kappa shape index (κ3) is 5.01. The Hall–Kier alpha value is -3.43. The molecule has 2 aromatic carbocycles. The van der Waals surface area contributed by atoms with Crippen LogP contribution in [0.15, 0.2) is 54.6 Å². The quantitative estimate of drug-likeness (QED) is 0.635. The lowest BCUT2D eigenvalue weighted by Crippen LogP contribution is -2.46. The number of benzene rings is 2. The third-order valence-corrected chi connectivity index (χ3v) is 5.13. The van der Waals surface area contributed by atoms with Gasteiger partial charge in [-0.25, -0.2) is 9.59 Å². The number of para-hydroxylation sites is 1. The van der Waals surface area contributed by atoms with E-state index in [1.807, 2.05) is 18.2 Å². The van der Waals surface area contributed by atoms with Crippen molar-refractivity contribution in [1.82, 2.24) is 5.32 Å². The maximum Gasteiger partial charge on any atom is 0.412 e. The highest BCUT2D eigenvalue weighted by Crippen LogP contribution is 2.29. The lowest BCUT2D eigenvalue weighted by atomic mass is 10.1. The Bertz CT molecular complexity index is 967. The topological polar surface area (TPSA) is 115 Å². The number of ketones is 1. The van der Waals surface area contributed by atoms with Crippen LogP contribution < -0.4 is 16.0 Å². The molecule has 2 heterocycles. The fraction of sp³-hybridized carbons (Fsp3) is 0.318. The van der Waals surface area contributed by atoms with Gasteiger partial charge in [-0.05, 0) is 31.2 Å². The molecular formula is C22H23N3O6. The molecule has 2 fully saturated rings. The molecule has 4 atom stereocenters. The van der Waals surface area contributed by atoms with Crippen LogP contribution in [0.1, 0.15) is 17.3 Å². The number of fused-ring (bicyclic) bond motifs is 1. The van der Waals surface area contributed by atoms with Gasteiger partial charge in [-0.1, -0.05) is 30.3 Å². The number of anilines is 2. The number of amides is 3. The van der Waals surface area contributed by atoms with Crippen LogP contribution in [0.4, 0.5) is 21.0 Å². The van der Waals surface area contributed by atoms with E-state index in [0.29, 0.717) is 16.9 Å². The van der Waals surface area contributed by atoms with Gasteiger partial charge in [0.05, 0.1) is 19.3 Å². The molecule has 3 N–H and O–H groups in total.